The van der Waals surface area contributed by atoms with Gasteiger partial charge in [0.15, 0.2) is 17.5 Å². The number of hydrogen-bond donors (Lipinski definition) is 0. The van der Waals surface area contributed by atoms with E-state index in [1.54, 1.807) is 11.3 Å². The van der Waals surface area contributed by atoms with Gasteiger partial charge in [0.05, 0.1) is 0 Å². The van der Waals surface area contributed by atoms with Crippen LogP contribution in [0.15, 0.2) is 176 Å². The van der Waals surface area contributed by atoms with Gasteiger partial charge in [0.2, 0.25) is 0 Å². The van der Waals surface area contributed by atoms with Crippen molar-refractivity contribution in [2.45, 2.75) is 0 Å². The van der Waals surface area contributed by atoms with Gasteiger partial charge in [-0.25, -0.2) is 15.0 Å². The van der Waals surface area contributed by atoms with Gasteiger partial charge in [0.1, 0.15) is 0 Å². The van der Waals surface area contributed by atoms with Gasteiger partial charge in [-0.1, -0.05) is 164 Å². The van der Waals surface area contributed by atoms with E-state index in [-0.39, 0.29) is 0 Å². The summed E-state index contributed by atoms with van der Waals surface area (Å²) in [6.07, 6.45) is 0. The Morgan fingerprint density at radius 2 is 0.784 bits per heavy atom. The van der Waals surface area contributed by atoms with E-state index in [9.17, 15) is 0 Å². The van der Waals surface area contributed by atoms with Crippen LogP contribution in [0.2, 0.25) is 0 Å². The Balaban J connectivity index is 1.35. The second kappa shape index (κ2) is 12.1. The van der Waals surface area contributed by atoms with Crippen LogP contribution in [-0.2, 0) is 0 Å². The van der Waals surface area contributed by atoms with Crippen LogP contribution in [-0.4, -0.2) is 15.0 Å². The molecule has 238 valence electrons. The van der Waals surface area contributed by atoms with E-state index in [1.807, 2.05) is 0 Å². The van der Waals surface area contributed by atoms with Crippen molar-refractivity contribution >= 4 is 53.1 Å². The summed E-state index contributed by atoms with van der Waals surface area (Å²) in [6, 6.07) is 62.0. The van der Waals surface area contributed by atoms with Gasteiger partial charge in [-0.2, -0.15) is 0 Å². The van der Waals surface area contributed by atoms with E-state index in [2.05, 4.69) is 176 Å². The summed E-state index contributed by atoms with van der Waals surface area (Å²) in [5.41, 5.74) is 7.38. The molecule has 0 bridgehead atoms. The number of nitrogens with zero attached hydrogens (tertiary/aromatic N) is 3. The van der Waals surface area contributed by atoms with Gasteiger partial charge in [-0.3, -0.25) is 0 Å². The van der Waals surface area contributed by atoms with Crippen molar-refractivity contribution in [2.75, 3.05) is 0 Å². The zero-order valence-corrected chi connectivity index (χ0v) is 28.3. The van der Waals surface area contributed by atoms with Gasteiger partial charge >= 0.3 is 0 Å². The van der Waals surface area contributed by atoms with Crippen LogP contribution in [0.4, 0.5) is 0 Å². The molecule has 2 aromatic heterocycles. The normalized spacial score (nSPS) is 11.5. The smallest absolute Gasteiger partial charge is 0.165 e. The SMILES string of the molecule is c1ccc(-c2ccc3ccccc3c2-c2nc(-c3c(-c4ccccc4)ccc4ccccc34)nc(-c3cccc4c3sc3ccccc34)n2)cc1. The Morgan fingerprint density at radius 3 is 1.37 bits per heavy atom. The lowest BCUT2D eigenvalue weighted by atomic mass is 9.92. The number of thiophene rings is 1. The minimum atomic E-state index is 0.649. The van der Waals surface area contributed by atoms with Crippen molar-refractivity contribution in [3.8, 4) is 56.4 Å². The monoisotopic (exact) mass is 667 g/mol. The van der Waals surface area contributed by atoms with Crippen LogP contribution in [0.25, 0.3) is 98.1 Å². The maximum Gasteiger partial charge on any atom is 0.165 e. The van der Waals surface area contributed by atoms with Crippen molar-refractivity contribution in [1.29, 1.82) is 0 Å². The second-order valence-corrected chi connectivity index (χ2v) is 13.8. The highest BCUT2D eigenvalue weighted by Gasteiger charge is 2.22. The molecule has 10 aromatic rings. The molecule has 51 heavy (non-hydrogen) atoms. The summed E-state index contributed by atoms with van der Waals surface area (Å²) in [5, 5.41) is 6.93. The molecule has 0 unspecified atom stereocenters. The van der Waals surface area contributed by atoms with Gasteiger partial charge in [-0.05, 0) is 55.9 Å². The minimum absolute atomic E-state index is 0.649. The Hall–Kier alpha value is -6.49. The molecule has 0 saturated carbocycles. The van der Waals surface area contributed by atoms with Crippen molar-refractivity contribution in [3.63, 3.8) is 0 Å². The molecule has 3 nitrogen and oxygen atoms in total. The summed E-state index contributed by atoms with van der Waals surface area (Å²) in [5.74, 6) is 1.96. The molecule has 2 heterocycles. The van der Waals surface area contributed by atoms with Gasteiger partial charge < -0.3 is 0 Å². The third kappa shape index (κ3) is 5.00. The van der Waals surface area contributed by atoms with Crippen molar-refractivity contribution in [3.05, 3.63) is 176 Å². The van der Waals surface area contributed by atoms with Gasteiger partial charge in [0.25, 0.3) is 0 Å². The average molecular weight is 668 g/mol. The first-order valence-corrected chi connectivity index (χ1v) is 17.9. The topological polar surface area (TPSA) is 38.7 Å². The fourth-order valence-corrected chi connectivity index (χ4v) is 8.60. The van der Waals surface area contributed by atoms with Crippen molar-refractivity contribution < 1.29 is 0 Å². The molecule has 0 fully saturated rings. The lowest BCUT2D eigenvalue weighted by Gasteiger charge is -2.17. The largest absolute Gasteiger partial charge is 0.208 e. The molecule has 0 radical (unpaired) electrons. The number of hydrogen-bond acceptors (Lipinski definition) is 4. The molecule has 0 spiro atoms. The summed E-state index contributed by atoms with van der Waals surface area (Å²) in [4.78, 5) is 16.3. The second-order valence-electron chi connectivity index (χ2n) is 12.7. The van der Waals surface area contributed by atoms with Crippen LogP contribution in [0.3, 0.4) is 0 Å². The number of benzene rings is 8. The Bertz CT molecular complexity index is 2770. The molecule has 0 aliphatic heterocycles. The van der Waals surface area contributed by atoms with Crippen LogP contribution in [0.5, 0.6) is 0 Å². The molecule has 4 heteroatoms. The first kappa shape index (κ1) is 29.4. The molecule has 10 rings (SSSR count). The van der Waals surface area contributed by atoms with Gasteiger partial charge in [0, 0.05) is 36.9 Å². The number of aromatic nitrogens is 3. The fourth-order valence-electron chi connectivity index (χ4n) is 7.38. The van der Waals surface area contributed by atoms with E-state index >= 15 is 0 Å². The molecule has 8 aromatic carbocycles. The van der Waals surface area contributed by atoms with E-state index in [0.29, 0.717) is 17.5 Å². The van der Waals surface area contributed by atoms with Crippen LogP contribution in [0, 0.1) is 0 Å². The molecular formula is C47H29N3S. The predicted octanol–water partition coefficient (Wildman–Crippen LogP) is 12.9. The fraction of sp³-hybridized carbons (Fsp3) is 0. The van der Waals surface area contributed by atoms with Crippen molar-refractivity contribution in [2.24, 2.45) is 0 Å². The Kier molecular flexibility index (Phi) is 7.00. The molecular weight excluding hydrogens is 639 g/mol. The highest BCUT2D eigenvalue weighted by Crippen LogP contribution is 2.43. The average Bonchev–Trinajstić information content (AvgIpc) is 3.59. The zero-order valence-electron chi connectivity index (χ0n) is 27.5. The molecule has 0 amide bonds. The molecule has 0 saturated heterocycles. The quantitative estimate of drug-likeness (QED) is 0.183. The summed E-state index contributed by atoms with van der Waals surface area (Å²) in [7, 11) is 0. The van der Waals surface area contributed by atoms with Crippen LogP contribution in [0.1, 0.15) is 0 Å². The van der Waals surface area contributed by atoms with Crippen LogP contribution < -0.4 is 0 Å². The van der Waals surface area contributed by atoms with Gasteiger partial charge in [-0.15, -0.1) is 11.3 Å². The molecule has 0 aliphatic rings. The maximum atomic E-state index is 5.48. The third-order valence-corrected chi connectivity index (χ3v) is 11.0. The third-order valence-electron chi connectivity index (χ3n) is 9.76. The minimum Gasteiger partial charge on any atom is -0.208 e. The maximum absolute atomic E-state index is 5.48. The van der Waals surface area contributed by atoms with E-state index < -0.39 is 0 Å². The molecule has 0 N–H and O–H groups in total. The standard InChI is InChI=1S/C47H29N3S/c1-3-14-30(15-4-1)36-28-26-32-18-7-9-20-34(32)42(36)46-48-45(40-24-13-23-39-38-22-11-12-25-41(38)51-44(39)40)49-47(50-46)43-35-21-10-8-19-33(35)27-29-37(43)31-16-5-2-6-17-31/h1-29H. The van der Waals surface area contributed by atoms with Crippen LogP contribution >= 0.6 is 11.3 Å². The summed E-state index contributed by atoms with van der Waals surface area (Å²) >= 11 is 1.79. The first-order chi connectivity index (χ1) is 25.3. The predicted molar refractivity (Wildman–Crippen MR) is 215 cm³/mol. The Labute approximate surface area is 299 Å². The highest BCUT2D eigenvalue weighted by atomic mass is 32.1. The Morgan fingerprint density at radius 1 is 0.314 bits per heavy atom. The number of fused-ring (bicyclic) bond motifs is 5. The van der Waals surface area contributed by atoms with E-state index in [4.69, 9.17) is 15.0 Å². The summed E-state index contributed by atoms with van der Waals surface area (Å²) < 4.78 is 2.42. The molecule has 0 atom stereocenters. The lowest BCUT2D eigenvalue weighted by Crippen LogP contribution is -2.03. The highest BCUT2D eigenvalue weighted by molar-refractivity contribution is 7.26. The van der Waals surface area contributed by atoms with E-state index in [0.717, 1.165) is 60.5 Å². The van der Waals surface area contributed by atoms with Crippen molar-refractivity contribution in [1.82, 2.24) is 15.0 Å². The van der Waals surface area contributed by atoms with E-state index in [1.165, 1.54) is 20.2 Å². The first-order valence-electron chi connectivity index (χ1n) is 17.1. The lowest BCUT2D eigenvalue weighted by molar-refractivity contribution is 1.08. The zero-order chi connectivity index (χ0) is 33.7. The molecule has 0 aliphatic carbocycles. The summed E-state index contributed by atoms with van der Waals surface area (Å²) in [6.45, 7) is 0. The number of rotatable bonds is 5.